The van der Waals surface area contributed by atoms with Gasteiger partial charge in [-0.15, -0.1) is 0 Å². The number of alkyl halides is 3. The molecule has 0 amide bonds. The van der Waals surface area contributed by atoms with Crippen LogP contribution in [0.1, 0.15) is 0 Å². The molecule has 0 spiro atoms. The molecule has 0 aromatic rings. The van der Waals surface area contributed by atoms with Gasteiger partial charge < -0.3 is 0 Å². The third-order valence-electron chi connectivity index (χ3n) is 0.788. The molecule has 1 aliphatic rings. The van der Waals surface area contributed by atoms with Crippen molar-refractivity contribution in [2.45, 2.75) is 12.3 Å². The van der Waals surface area contributed by atoms with Gasteiger partial charge in [-0.05, 0) is 0 Å². The van der Waals surface area contributed by atoms with Crippen LogP contribution in [0.2, 0.25) is 0 Å². The summed E-state index contributed by atoms with van der Waals surface area (Å²) in [6, 6.07) is 0. The molecule has 54 valence electrons. The number of halogens is 3. The van der Waals surface area contributed by atoms with Crippen LogP contribution in [-0.4, -0.2) is 18.9 Å². The van der Waals surface area contributed by atoms with E-state index < -0.39 is 18.9 Å². The van der Waals surface area contributed by atoms with E-state index in [1.807, 2.05) is 0 Å². The van der Waals surface area contributed by atoms with Crippen LogP contribution < -0.4 is 0 Å². The van der Waals surface area contributed by atoms with Crippen LogP contribution in [0.25, 0.3) is 0 Å². The van der Waals surface area contributed by atoms with Crippen LogP contribution in [0, 0.1) is 0 Å². The fourth-order valence-electron chi connectivity index (χ4n) is 0.342. The molecule has 1 aliphatic heterocycles. The highest BCUT2D eigenvalue weighted by Crippen LogP contribution is 2.31. The van der Waals surface area contributed by atoms with Gasteiger partial charge in [0, 0.05) is 0 Å². The molecule has 1 fully saturated rings. The Morgan fingerprint density at radius 3 is 2.33 bits per heavy atom. The molecule has 0 aromatic heterocycles. The standard InChI is InChI=1S/C3H3F3O2S/c4-3(5,6)2-1-7-9-8-2/h2H,1H2. The third-order valence-corrected chi connectivity index (χ3v) is 1.33. The first-order valence-electron chi connectivity index (χ1n) is 2.12. The lowest BCUT2D eigenvalue weighted by Crippen LogP contribution is -2.29. The largest absolute Gasteiger partial charge is 0.418 e. The maximum Gasteiger partial charge on any atom is 0.418 e. The summed E-state index contributed by atoms with van der Waals surface area (Å²) in [6.07, 6.45) is -6.04. The smallest absolute Gasteiger partial charge is 0.288 e. The molecule has 6 heteroatoms. The monoisotopic (exact) mass is 160 g/mol. The quantitative estimate of drug-likeness (QED) is 0.500. The summed E-state index contributed by atoms with van der Waals surface area (Å²) < 4.78 is 43.0. The predicted molar refractivity (Wildman–Crippen MR) is 24.5 cm³/mol. The van der Waals surface area contributed by atoms with E-state index in [1.165, 1.54) is 0 Å². The maximum atomic E-state index is 11.5. The zero-order valence-corrected chi connectivity index (χ0v) is 4.96. The molecular formula is C3H3F3O2S. The van der Waals surface area contributed by atoms with Crippen molar-refractivity contribution in [1.82, 2.24) is 0 Å². The molecule has 1 heterocycles. The van der Waals surface area contributed by atoms with Crippen molar-refractivity contribution in [3.63, 3.8) is 0 Å². The summed E-state index contributed by atoms with van der Waals surface area (Å²) in [5.74, 6) is 0. The fourth-order valence-corrected chi connectivity index (χ4v) is 0.836. The molecule has 0 saturated carbocycles. The predicted octanol–water partition coefficient (Wildman–Crippen LogP) is 1.53. The Morgan fingerprint density at radius 1 is 1.44 bits per heavy atom. The lowest BCUT2D eigenvalue weighted by atomic mass is 10.4. The van der Waals surface area contributed by atoms with Gasteiger partial charge in [-0.2, -0.15) is 13.2 Å². The Hall–Kier alpha value is 0.0600. The second kappa shape index (κ2) is 2.36. The Bertz CT molecular complexity index is 97.7. The second-order valence-electron chi connectivity index (χ2n) is 1.48. The van der Waals surface area contributed by atoms with E-state index in [1.54, 1.807) is 0 Å². The maximum absolute atomic E-state index is 11.5. The van der Waals surface area contributed by atoms with E-state index in [2.05, 4.69) is 8.37 Å². The Balaban J connectivity index is 2.42. The van der Waals surface area contributed by atoms with Gasteiger partial charge in [0.25, 0.3) is 0 Å². The van der Waals surface area contributed by atoms with Crippen LogP contribution in [0.4, 0.5) is 13.2 Å². The van der Waals surface area contributed by atoms with Gasteiger partial charge in [0.15, 0.2) is 18.4 Å². The first kappa shape index (κ1) is 7.17. The summed E-state index contributed by atoms with van der Waals surface area (Å²) in [4.78, 5) is 0. The van der Waals surface area contributed by atoms with E-state index in [4.69, 9.17) is 0 Å². The van der Waals surface area contributed by atoms with Crippen molar-refractivity contribution >= 4 is 12.3 Å². The third kappa shape index (κ3) is 1.74. The summed E-state index contributed by atoms with van der Waals surface area (Å²) in [7, 11) is 0. The van der Waals surface area contributed by atoms with E-state index in [9.17, 15) is 13.2 Å². The van der Waals surface area contributed by atoms with Crippen molar-refractivity contribution in [2.24, 2.45) is 0 Å². The minimum Gasteiger partial charge on any atom is -0.288 e. The number of hydrogen-bond acceptors (Lipinski definition) is 3. The highest BCUT2D eigenvalue weighted by atomic mass is 32.2. The van der Waals surface area contributed by atoms with Crippen LogP contribution in [0.5, 0.6) is 0 Å². The van der Waals surface area contributed by atoms with Gasteiger partial charge in [-0.3, -0.25) is 8.37 Å². The Kier molecular flexibility index (Phi) is 1.88. The van der Waals surface area contributed by atoms with Crippen molar-refractivity contribution < 1.29 is 21.5 Å². The van der Waals surface area contributed by atoms with Crippen LogP contribution in [-0.2, 0) is 8.37 Å². The molecule has 1 rings (SSSR count). The SMILES string of the molecule is FC(F)(F)C1COSO1. The molecule has 1 atom stereocenters. The average molecular weight is 160 g/mol. The van der Waals surface area contributed by atoms with Gasteiger partial charge >= 0.3 is 6.18 Å². The number of rotatable bonds is 0. The lowest BCUT2D eigenvalue weighted by molar-refractivity contribution is -0.188. The molecule has 2 nitrogen and oxygen atoms in total. The lowest BCUT2D eigenvalue weighted by Gasteiger charge is -2.08. The molecule has 0 radical (unpaired) electrons. The molecule has 0 aromatic carbocycles. The van der Waals surface area contributed by atoms with Crippen molar-refractivity contribution in [1.29, 1.82) is 0 Å². The van der Waals surface area contributed by atoms with E-state index in [0.29, 0.717) is 12.3 Å². The molecule has 0 bridgehead atoms. The molecule has 0 aliphatic carbocycles. The van der Waals surface area contributed by atoms with E-state index in [0.717, 1.165) is 0 Å². The highest BCUT2D eigenvalue weighted by Gasteiger charge is 2.44. The van der Waals surface area contributed by atoms with Crippen LogP contribution >= 0.6 is 12.3 Å². The molecule has 1 saturated heterocycles. The number of hydrogen-bond donors (Lipinski definition) is 0. The van der Waals surface area contributed by atoms with Gasteiger partial charge in [0.05, 0.1) is 0 Å². The van der Waals surface area contributed by atoms with Crippen molar-refractivity contribution in [3.05, 3.63) is 0 Å². The van der Waals surface area contributed by atoms with Crippen LogP contribution in [0.15, 0.2) is 0 Å². The minimum absolute atomic E-state index is 0.389. The average Bonchev–Trinajstić information content (AvgIpc) is 2.08. The molecule has 1 unspecified atom stereocenters. The first-order valence-corrected chi connectivity index (χ1v) is 2.79. The van der Waals surface area contributed by atoms with Crippen molar-refractivity contribution in [2.75, 3.05) is 6.61 Å². The Labute approximate surface area is 53.7 Å². The van der Waals surface area contributed by atoms with E-state index >= 15 is 0 Å². The Morgan fingerprint density at radius 2 is 2.11 bits per heavy atom. The van der Waals surface area contributed by atoms with Gasteiger partial charge in [-0.1, -0.05) is 0 Å². The molecule has 0 N–H and O–H groups in total. The highest BCUT2D eigenvalue weighted by molar-refractivity contribution is 7.90. The van der Waals surface area contributed by atoms with Gasteiger partial charge in [0.1, 0.15) is 6.61 Å². The fraction of sp³-hybridized carbons (Fsp3) is 1.00. The molecule has 9 heavy (non-hydrogen) atoms. The van der Waals surface area contributed by atoms with Gasteiger partial charge in [0.2, 0.25) is 0 Å². The normalized spacial score (nSPS) is 29.0. The van der Waals surface area contributed by atoms with E-state index in [-0.39, 0.29) is 0 Å². The summed E-state index contributed by atoms with van der Waals surface area (Å²) in [6.45, 7) is -0.409. The van der Waals surface area contributed by atoms with Gasteiger partial charge in [-0.25, -0.2) is 0 Å². The second-order valence-corrected chi connectivity index (χ2v) is 2.04. The summed E-state index contributed by atoms with van der Waals surface area (Å²) >= 11 is 0.389. The minimum atomic E-state index is -4.29. The zero-order chi connectivity index (χ0) is 6.91. The topological polar surface area (TPSA) is 18.5 Å². The summed E-state index contributed by atoms with van der Waals surface area (Å²) in [5, 5.41) is 0. The molecular weight excluding hydrogens is 157 g/mol. The van der Waals surface area contributed by atoms with Crippen LogP contribution in [0.3, 0.4) is 0 Å². The zero-order valence-electron chi connectivity index (χ0n) is 4.14. The summed E-state index contributed by atoms with van der Waals surface area (Å²) in [5.41, 5.74) is 0. The first-order chi connectivity index (χ1) is 4.11. The van der Waals surface area contributed by atoms with Crippen molar-refractivity contribution in [3.8, 4) is 0 Å².